The van der Waals surface area contributed by atoms with Crippen molar-refractivity contribution in [1.82, 2.24) is 0 Å². The van der Waals surface area contributed by atoms with Gasteiger partial charge in [0.2, 0.25) is 0 Å². The van der Waals surface area contributed by atoms with Gasteiger partial charge in [0.15, 0.2) is 5.75 Å². The normalized spacial score (nSPS) is 17.8. The molecule has 1 heterocycles. The fraction of sp³-hybridized carbons (Fsp3) is 0.211. The maximum Gasteiger partial charge on any atom is 0.273 e. The Kier molecular flexibility index (Phi) is 4.23. The van der Waals surface area contributed by atoms with Crippen LogP contribution < -0.4 is 9.64 Å². The third-order valence-corrected chi connectivity index (χ3v) is 4.36. The minimum Gasteiger partial charge on any atom is -0.483 e. The van der Waals surface area contributed by atoms with E-state index in [4.69, 9.17) is 4.74 Å². The van der Waals surface area contributed by atoms with E-state index in [1.165, 1.54) is 30.3 Å². The second kappa shape index (κ2) is 6.25. The number of anilines is 2. The quantitative estimate of drug-likeness (QED) is 0.465. The lowest BCUT2D eigenvalue weighted by Gasteiger charge is -2.46. The van der Waals surface area contributed by atoms with Gasteiger partial charge in [-0.3, -0.25) is 10.1 Å². The molecular formula is C19H17FN2O4. The number of non-ortho nitro benzene ring substituents is 1. The molecule has 1 aliphatic rings. The van der Waals surface area contributed by atoms with Crippen molar-refractivity contribution >= 4 is 29.4 Å². The molecule has 2 aromatic carbocycles. The molecule has 1 aliphatic heterocycles. The van der Waals surface area contributed by atoms with Crippen LogP contribution in [0, 0.1) is 15.9 Å². The highest BCUT2D eigenvalue weighted by Gasteiger charge is 2.44. The summed E-state index contributed by atoms with van der Waals surface area (Å²) in [5, 5.41) is 11.2. The molecule has 0 saturated heterocycles. The summed E-state index contributed by atoms with van der Waals surface area (Å²) in [5.74, 6) is -0.140. The number of nitro groups is 1. The van der Waals surface area contributed by atoms with Crippen molar-refractivity contribution in [1.29, 1.82) is 0 Å². The fourth-order valence-electron chi connectivity index (χ4n) is 3.12. The van der Waals surface area contributed by atoms with Crippen LogP contribution in [0.3, 0.4) is 0 Å². The molecule has 0 amide bonds. The molecule has 3 rings (SSSR count). The van der Waals surface area contributed by atoms with Crippen molar-refractivity contribution in [2.45, 2.75) is 25.5 Å². The van der Waals surface area contributed by atoms with Crippen LogP contribution >= 0.6 is 0 Å². The first-order chi connectivity index (χ1) is 12.3. The molecule has 1 atom stereocenters. The van der Waals surface area contributed by atoms with E-state index in [2.05, 4.69) is 6.58 Å². The van der Waals surface area contributed by atoms with Gasteiger partial charge in [-0.1, -0.05) is 12.7 Å². The molecule has 2 aromatic rings. The van der Waals surface area contributed by atoms with E-state index in [-0.39, 0.29) is 11.4 Å². The van der Waals surface area contributed by atoms with Gasteiger partial charge in [-0.05, 0) is 38.1 Å². The van der Waals surface area contributed by atoms with Gasteiger partial charge in [-0.15, -0.1) is 0 Å². The van der Waals surface area contributed by atoms with Crippen molar-refractivity contribution in [3.8, 4) is 5.75 Å². The van der Waals surface area contributed by atoms with E-state index in [0.717, 1.165) is 6.29 Å². The molecule has 0 bridgehead atoms. The minimum absolute atomic E-state index is 0.141. The van der Waals surface area contributed by atoms with Crippen LogP contribution in [0.2, 0.25) is 0 Å². The van der Waals surface area contributed by atoms with E-state index < -0.39 is 22.4 Å². The largest absolute Gasteiger partial charge is 0.483 e. The van der Waals surface area contributed by atoms with Gasteiger partial charge in [-0.2, -0.15) is 0 Å². The standard InChI is InChI=1S/C19H17FN2O4/c1-4-12-9-15(22(24)25)10-16-18(12)21(14-7-5-13(20)6-8-14)17(11-23)19(2,3)26-16/h4-11,17H,1H2,2-3H3. The minimum atomic E-state index is -0.962. The van der Waals surface area contributed by atoms with Crippen LogP contribution in [0.25, 0.3) is 6.08 Å². The summed E-state index contributed by atoms with van der Waals surface area (Å²) in [4.78, 5) is 24.3. The van der Waals surface area contributed by atoms with E-state index in [1.54, 1.807) is 30.9 Å². The first kappa shape index (κ1) is 17.6. The maximum atomic E-state index is 13.4. The van der Waals surface area contributed by atoms with Crippen LogP contribution in [-0.4, -0.2) is 22.9 Å². The Hall–Kier alpha value is -3.22. The van der Waals surface area contributed by atoms with Gasteiger partial charge in [0, 0.05) is 17.3 Å². The zero-order valence-corrected chi connectivity index (χ0v) is 14.3. The molecule has 6 nitrogen and oxygen atoms in total. The van der Waals surface area contributed by atoms with Crippen molar-refractivity contribution in [3.05, 3.63) is 64.5 Å². The van der Waals surface area contributed by atoms with Crippen molar-refractivity contribution in [3.63, 3.8) is 0 Å². The first-order valence-corrected chi connectivity index (χ1v) is 7.92. The highest BCUT2D eigenvalue weighted by atomic mass is 19.1. The lowest BCUT2D eigenvalue weighted by atomic mass is 9.92. The van der Waals surface area contributed by atoms with Crippen LogP contribution in [-0.2, 0) is 4.79 Å². The zero-order chi connectivity index (χ0) is 19.1. The van der Waals surface area contributed by atoms with Crippen LogP contribution in [0.1, 0.15) is 19.4 Å². The molecule has 1 unspecified atom stereocenters. The summed E-state index contributed by atoms with van der Waals surface area (Å²) in [6.45, 7) is 7.16. The van der Waals surface area contributed by atoms with Crippen molar-refractivity contribution in [2.24, 2.45) is 0 Å². The number of nitro benzene ring substituents is 1. The van der Waals surface area contributed by atoms with Crippen molar-refractivity contribution < 1.29 is 18.8 Å². The topological polar surface area (TPSA) is 72.7 Å². The van der Waals surface area contributed by atoms with Gasteiger partial charge < -0.3 is 14.4 Å². The molecular weight excluding hydrogens is 339 g/mol. The summed E-state index contributed by atoms with van der Waals surface area (Å²) in [5.41, 5.74) is 0.391. The van der Waals surface area contributed by atoms with Gasteiger partial charge >= 0.3 is 0 Å². The number of fused-ring (bicyclic) bond motifs is 1. The number of hydrogen-bond acceptors (Lipinski definition) is 5. The number of hydrogen-bond donors (Lipinski definition) is 0. The first-order valence-electron chi connectivity index (χ1n) is 7.92. The van der Waals surface area contributed by atoms with Gasteiger partial charge in [0.05, 0.1) is 16.7 Å². The maximum absolute atomic E-state index is 13.4. The second-order valence-electron chi connectivity index (χ2n) is 6.48. The van der Waals surface area contributed by atoms with Gasteiger partial charge in [-0.25, -0.2) is 4.39 Å². The SMILES string of the molecule is C=Cc1cc([N+](=O)[O-])cc2c1N(c1ccc(F)cc1)C(C=O)C(C)(C)O2. The van der Waals surface area contributed by atoms with Crippen molar-refractivity contribution in [2.75, 3.05) is 4.90 Å². The summed E-state index contributed by atoms with van der Waals surface area (Å²) in [6, 6.07) is 7.64. The van der Waals surface area contributed by atoms with E-state index in [1.807, 2.05) is 0 Å². The summed E-state index contributed by atoms with van der Waals surface area (Å²) < 4.78 is 19.3. The summed E-state index contributed by atoms with van der Waals surface area (Å²) >= 11 is 0. The molecule has 0 aliphatic carbocycles. The molecule has 0 aromatic heterocycles. The fourth-order valence-corrected chi connectivity index (χ4v) is 3.12. The predicted molar refractivity (Wildman–Crippen MR) is 96.3 cm³/mol. The lowest BCUT2D eigenvalue weighted by Crippen LogP contribution is -2.55. The molecule has 0 N–H and O–H groups in total. The summed E-state index contributed by atoms with van der Waals surface area (Å²) in [7, 11) is 0. The number of carbonyl (C=O) groups excluding carboxylic acids is 1. The number of rotatable bonds is 4. The van der Waals surface area contributed by atoms with E-state index in [9.17, 15) is 19.3 Å². The molecule has 0 radical (unpaired) electrons. The highest BCUT2D eigenvalue weighted by molar-refractivity contribution is 5.87. The van der Waals surface area contributed by atoms with Crippen LogP contribution in [0.15, 0.2) is 43.0 Å². The monoisotopic (exact) mass is 356 g/mol. The average Bonchev–Trinajstić information content (AvgIpc) is 2.59. The molecule has 7 heteroatoms. The lowest BCUT2D eigenvalue weighted by molar-refractivity contribution is -0.385. The number of aldehydes is 1. The Morgan fingerprint density at radius 2 is 1.96 bits per heavy atom. The zero-order valence-electron chi connectivity index (χ0n) is 14.3. The second-order valence-corrected chi connectivity index (χ2v) is 6.48. The van der Waals surface area contributed by atoms with Crippen LogP contribution in [0.4, 0.5) is 21.5 Å². The average molecular weight is 356 g/mol. The van der Waals surface area contributed by atoms with Crippen LogP contribution in [0.5, 0.6) is 5.75 Å². The third kappa shape index (κ3) is 2.81. The number of halogens is 1. The molecule has 0 spiro atoms. The number of nitrogens with zero attached hydrogens (tertiary/aromatic N) is 2. The van der Waals surface area contributed by atoms with Gasteiger partial charge in [0.1, 0.15) is 23.7 Å². The van der Waals surface area contributed by atoms with Gasteiger partial charge in [0.25, 0.3) is 5.69 Å². The predicted octanol–water partition coefficient (Wildman–Crippen LogP) is 4.25. The number of carbonyl (C=O) groups is 1. The smallest absolute Gasteiger partial charge is 0.273 e. The number of ether oxygens (including phenoxy) is 1. The molecule has 0 saturated carbocycles. The highest BCUT2D eigenvalue weighted by Crippen LogP contribution is 2.48. The number of benzene rings is 2. The van der Waals surface area contributed by atoms with E-state index >= 15 is 0 Å². The Bertz CT molecular complexity index is 893. The Morgan fingerprint density at radius 3 is 2.50 bits per heavy atom. The summed E-state index contributed by atoms with van der Waals surface area (Å²) in [6.07, 6.45) is 2.21. The molecule has 0 fully saturated rings. The molecule has 26 heavy (non-hydrogen) atoms. The third-order valence-electron chi connectivity index (χ3n) is 4.36. The Labute approximate surface area is 149 Å². The Morgan fingerprint density at radius 1 is 1.31 bits per heavy atom. The molecule has 134 valence electrons. The Balaban J connectivity index is 2.31. The van der Waals surface area contributed by atoms with E-state index in [0.29, 0.717) is 16.9 Å².